The van der Waals surface area contributed by atoms with Crippen LogP contribution in [-0.4, -0.2) is 19.2 Å². The van der Waals surface area contributed by atoms with Crippen LogP contribution in [0.4, 0.5) is 0 Å². The van der Waals surface area contributed by atoms with Crippen molar-refractivity contribution in [3.05, 3.63) is 91.0 Å². The molecule has 122 valence electrons. The minimum Gasteiger partial charge on any atom is -0.203 e. The zero-order chi connectivity index (χ0) is 17.0. The van der Waals surface area contributed by atoms with E-state index in [-0.39, 0.29) is 0 Å². The van der Waals surface area contributed by atoms with E-state index in [0.717, 1.165) is 9.79 Å². The maximum Gasteiger partial charge on any atom is 0.282 e. The summed E-state index contributed by atoms with van der Waals surface area (Å²) in [5.74, 6) is 0. The second-order valence-corrected chi connectivity index (χ2v) is 9.40. The number of hydrogen-bond donors (Lipinski definition) is 0. The summed E-state index contributed by atoms with van der Waals surface area (Å²) in [6.45, 7) is 0. The fourth-order valence-electron chi connectivity index (χ4n) is 2.37. The van der Waals surface area contributed by atoms with Crippen LogP contribution < -0.4 is 0 Å². The van der Waals surface area contributed by atoms with Crippen LogP contribution in [0.25, 0.3) is 0 Å². The number of rotatable bonds is 5. The van der Waals surface area contributed by atoms with Gasteiger partial charge in [0.2, 0.25) is 0 Å². The normalized spacial score (nSPS) is 11.8. The lowest BCUT2D eigenvalue weighted by Gasteiger charge is -2.17. The van der Waals surface area contributed by atoms with E-state index in [1.165, 1.54) is 3.71 Å². The van der Waals surface area contributed by atoms with E-state index in [4.69, 9.17) is 0 Å². The Balaban J connectivity index is 2.09. The topological polar surface area (TPSA) is 37.4 Å². The van der Waals surface area contributed by atoms with E-state index < -0.39 is 21.1 Å². The highest BCUT2D eigenvalue weighted by Crippen LogP contribution is 2.30. The molecule has 0 radical (unpaired) electrons. The Morgan fingerprint density at radius 1 is 0.667 bits per heavy atom. The van der Waals surface area contributed by atoms with Crippen molar-refractivity contribution in [3.63, 3.8) is 0 Å². The molecule has 0 aromatic heterocycles. The van der Waals surface area contributed by atoms with Gasteiger partial charge in [-0.25, -0.2) is 8.42 Å². The smallest absolute Gasteiger partial charge is 0.203 e. The molecule has 0 spiro atoms. The molecule has 0 saturated heterocycles. The molecular weight excluding hydrogens is 338 g/mol. The molecule has 3 rings (SSSR count). The van der Waals surface area contributed by atoms with Crippen molar-refractivity contribution in [2.24, 2.45) is 0 Å². The van der Waals surface area contributed by atoms with Gasteiger partial charge in [-0.15, -0.1) is 0 Å². The van der Waals surface area contributed by atoms with E-state index in [2.05, 4.69) is 0 Å². The van der Waals surface area contributed by atoms with Crippen molar-refractivity contribution in [1.82, 2.24) is 3.71 Å². The van der Waals surface area contributed by atoms with E-state index in [1.54, 1.807) is 31.3 Å². The summed E-state index contributed by atoms with van der Waals surface area (Å²) in [5, 5.41) is 0. The molecule has 3 aromatic rings. The number of hydrogen-bond acceptors (Lipinski definition) is 2. The first-order chi connectivity index (χ1) is 11.6. The van der Waals surface area contributed by atoms with Gasteiger partial charge in [0.05, 0.1) is 11.9 Å². The van der Waals surface area contributed by atoms with Gasteiger partial charge in [-0.05, 0) is 40.1 Å². The molecular formula is C19H18NO2S2+. The van der Waals surface area contributed by atoms with Crippen molar-refractivity contribution < 1.29 is 8.42 Å². The van der Waals surface area contributed by atoms with Gasteiger partial charge in [-0.3, -0.25) is 0 Å². The first kappa shape index (κ1) is 16.8. The molecule has 0 aliphatic heterocycles. The fraction of sp³-hybridized carbons (Fsp3) is 0.0526. The Morgan fingerprint density at radius 3 is 1.46 bits per heavy atom. The Kier molecular flexibility index (Phi) is 5.04. The molecule has 0 atom stereocenters. The highest BCUT2D eigenvalue weighted by Gasteiger charge is 2.40. The van der Waals surface area contributed by atoms with E-state index in [1.807, 2.05) is 66.7 Å². The minimum atomic E-state index is -3.59. The molecule has 5 heteroatoms. The third-order valence-electron chi connectivity index (χ3n) is 3.57. The van der Waals surface area contributed by atoms with Gasteiger partial charge < -0.3 is 0 Å². The highest BCUT2D eigenvalue weighted by atomic mass is 32.3. The summed E-state index contributed by atoms with van der Waals surface area (Å²) in [5.41, 5.74) is 0. The first-order valence-corrected chi connectivity index (χ1v) is 10.1. The summed E-state index contributed by atoms with van der Waals surface area (Å²) in [6, 6.07) is 28.0. The largest absolute Gasteiger partial charge is 0.282 e. The summed E-state index contributed by atoms with van der Waals surface area (Å²) in [4.78, 5) is 2.23. The van der Waals surface area contributed by atoms with Crippen LogP contribution >= 0.6 is 0 Å². The first-order valence-electron chi connectivity index (χ1n) is 7.49. The lowest BCUT2D eigenvalue weighted by molar-refractivity contribution is 0.562. The van der Waals surface area contributed by atoms with Crippen LogP contribution in [0.3, 0.4) is 0 Å². The molecule has 3 aromatic carbocycles. The Morgan fingerprint density at radius 2 is 1.04 bits per heavy atom. The van der Waals surface area contributed by atoms with Gasteiger partial charge in [-0.2, -0.15) is 0 Å². The molecule has 0 heterocycles. The van der Waals surface area contributed by atoms with Crippen molar-refractivity contribution in [3.8, 4) is 0 Å². The second kappa shape index (κ2) is 7.21. The van der Waals surface area contributed by atoms with Gasteiger partial charge in [0.15, 0.2) is 20.9 Å². The Labute approximate surface area is 146 Å². The molecule has 0 fully saturated rings. The summed E-state index contributed by atoms with van der Waals surface area (Å²) < 4.78 is 27.6. The average Bonchev–Trinajstić information content (AvgIpc) is 2.64. The van der Waals surface area contributed by atoms with Gasteiger partial charge in [0.25, 0.3) is 10.0 Å². The van der Waals surface area contributed by atoms with Gasteiger partial charge >= 0.3 is 0 Å². The maximum atomic E-state index is 13.1. The molecule has 0 aliphatic carbocycles. The molecule has 0 amide bonds. The zero-order valence-electron chi connectivity index (χ0n) is 13.2. The summed E-state index contributed by atoms with van der Waals surface area (Å²) in [6.07, 6.45) is 0. The number of nitrogens with zero attached hydrogens (tertiary/aromatic N) is 1. The van der Waals surface area contributed by atoms with Crippen molar-refractivity contribution >= 4 is 21.1 Å². The van der Waals surface area contributed by atoms with Crippen molar-refractivity contribution in [1.29, 1.82) is 0 Å². The predicted octanol–water partition coefficient (Wildman–Crippen LogP) is 3.96. The molecule has 0 unspecified atom stereocenters. The zero-order valence-corrected chi connectivity index (χ0v) is 14.9. The molecule has 0 aliphatic rings. The summed E-state index contributed by atoms with van der Waals surface area (Å²) in [7, 11) is -1.94. The lowest BCUT2D eigenvalue weighted by Crippen LogP contribution is -2.33. The Hall–Kier alpha value is -2.08. The van der Waals surface area contributed by atoms with Crippen LogP contribution in [0.1, 0.15) is 0 Å². The third kappa shape index (κ3) is 3.38. The van der Waals surface area contributed by atoms with Crippen LogP contribution in [0.15, 0.2) is 106 Å². The molecule has 0 saturated carbocycles. The SMILES string of the molecule is CN([S+](c1ccccc1)c1ccccc1)S(=O)(=O)c1ccccc1. The van der Waals surface area contributed by atoms with Crippen LogP contribution in [0.5, 0.6) is 0 Å². The van der Waals surface area contributed by atoms with E-state index in [0.29, 0.717) is 4.90 Å². The van der Waals surface area contributed by atoms with Crippen LogP contribution in [0.2, 0.25) is 0 Å². The minimum absolute atomic E-state index is 0.303. The van der Waals surface area contributed by atoms with Crippen molar-refractivity contribution in [2.45, 2.75) is 14.7 Å². The van der Waals surface area contributed by atoms with Crippen LogP contribution in [-0.2, 0) is 21.1 Å². The van der Waals surface area contributed by atoms with Gasteiger partial charge in [-0.1, -0.05) is 54.6 Å². The lowest BCUT2D eigenvalue weighted by atomic mass is 10.4. The Bertz CT molecular complexity index is 843. The maximum absolute atomic E-state index is 13.1. The molecule has 0 bridgehead atoms. The average molecular weight is 356 g/mol. The van der Waals surface area contributed by atoms with Crippen LogP contribution in [0, 0.1) is 0 Å². The highest BCUT2D eigenvalue weighted by molar-refractivity contribution is 8.06. The van der Waals surface area contributed by atoms with Gasteiger partial charge in [0, 0.05) is 0 Å². The predicted molar refractivity (Wildman–Crippen MR) is 98.2 cm³/mol. The van der Waals surface area contributed by atoms with Gasteiger partial charge in [0.1, 0.15) is 0 Å². The number of benzene rings is 3. The molecule has 24 heavy (non-hydrogen) atoms. The fourth-order valence-corrected chi connectivity index (χ4v) is 6.42. The third-order valence-corrected chi connectivity index (χ3v) is 8.10. The standard InChI is InChI=1S/C19H18NO2S2/c1-20(24(21,22)19-15-9-4-10-16-19)23(17-11-5-2-6-12-17)18-13-7-3-8-14-18/h2-16H,1H3/q+1. The second-order valence-electron chi connectivity index (χ2n) is 5.14. The van der Waals surface area contributed by atoms with Crippen molar-refractivity contribution in [2.75, 3.05) is 7.05 Å². The molecule has 0 N–H and O–H groups in total. The van der Waals surface area contributed by atoms with E-state index >= 15 is 0 Å². The van der Waals surface area contributed by atoms with E-state index in [9.17, 15) is 8.42 Å². The number of sulfonamides is 1. The monoisotopic (exact) mass is 356 g/mol. The molecule has 3 nitrogen and oxygen atoms in total. The quantitative estimate of drug-likeness (QED) is 0.649. The summed E-state index contributed by atoms with van der Waals surface area (Å²) >= 11 is -0.721.